The van der Waals surface area contributed by atoms with Crippen molar-refractivity contribution in [2.45, 2.75) is 57.7 Å². The number of fused-ring (bicyclic) bond motifs is 1. The minimum atomic E-state index is -4.72. The molecule has 4 rings (SSSR count). The molecule has 31 heavy (non-hydrogen) atoms. The Kier molecular flexibility index (Phi) is 5.19. The third-order valence-corrected chi connectivity index (χ3v) is 6.52. The Labute approximate surface area is 176 Å². The number of aryl methyl sites for hydroxylation is 1. The van der Waals surface area contributed by atoms with Crippen LogP contribution >= 0.6 is 0 Å². The molecule has 2 N–H and O–H groups in total. The lowest BCUT2D eigenvalue weighted by atomic mass is 9.81. The highest BCUT2D eigenvalue weighted by atomic mass is 19.4. The number of hydrogen-bond donors (Lipinski definition) is 2. The van der Waals surface area contributed by atoms with E-state index in [9.17, 15) is 27.9 Å². The van der Waals surface area contributed by atoms with Gasteiger partial charge in [-0.2, -0.15) is 18.3 Å². The van der Waals surface area contributed by atoms with Gasteiger partial charge in [0.25, 0.3) is 11.5 Å². The highest BCUT2D eigenvalue weighted by molar-refractivity contribution is 5.95. The monoisotopic (exact) mass is 439 g/mol. The summed E-state index contributed by atoms with van der Waals surface area (Å²) in [5.74, 6) is -1.08. The van der Waals surface area contributed by atoms with Gasteiger partial charge >= 0.3 is 6.18 Å². The zero-order valence-electron chi connectivity index (χ0n) is 17.3. The SMILES string of the molecule is Cc1c(C(=O)N2CCC(C(C)(O)C(F)(F)F)CC2)cnn1-c1nc2c(c(=O)[nH]1)CCC2. The quantitative estimate of drug-likeness (QED) is 0.761. The van der Waals surface area contributed by atoms with Crippen LogP contribution in [0.3, 0.4) is 0 Å². The molecule has 1 saturated heterocycles. The van der Waals surface area contributed by atoms with Crippen molar-refractivity contribution in [3.8, 4) is 5.95 Å². The van der Waals surface area contributed by atoms with Crippen molar-refractivity contribution in [2.75, 3.05) is 13.1 Å². The molecular formula is C20H24F3N5O3. The number of carbonyl (C=O) groups excluding carboxylic acids is 1. The largest absolute Gasteiger partial charge is 0.417 e. The minimum Gasteiger partial charge on any atom is -0.380 e. The zero-order chi connectivity index (χ0) is 22.6. The van der Waals surface area contributed by atoms with Gasteiger partial charge in [0, 0.05) is 18.7 Å². The van der Waals surface area contributed by atoms with E-state index in [2.05, 4.69) is 15.1 Å². The molecule has 1 aliphatic heterocycles. The number of likely N-dealkylation sites (tertiary alicyclic amines) is 1. The average molecular weight is 439 g/mol. The number of nitrogens with one attached hydrogen (secondary N) is 1. The summed E-state index contributed by atoms with van der Waals surface area (Å²) >= 11 is 0. The van der Waals surface area contributed by atoms with Crippen molar-refractivity contribution >= 4 is 5.91 Å². The summed E-state index contributed by atoms with van der Waals surface area (Å²) in [5, 5.41) is 14.1. The molecule has 3 heterocycles. The first-order valence-corrected chi connectivity index (χ1v) is 10.3. The van der Waals surface area contributed by atoms with Crippen molar-refractivity contribution < 1.29 is 23.1 Å². The topological polar surface area (TPSA) is 104 Å². The van der Waals surface area contributed by atoms with E-state index >= 15 is 0 Å². The van der Waals surface area contributed by atoms with Crippen molar-refractivity contribution in [2.24, 2.45) is 5.92 Å². The smallest absolute Gasteiger partial charge is 0.380 e. The second-order valence-corrected chi connectivity index (χ2v) is 8.44. The summed E-state index contributed by atoms with van der Waals surface area (Å²) in [6.07, 6.45) is -0.972. The van der Waals surface area contributed by atoms with Gasteiger partial charge in [-0.3, -0.25) is 14.6 Å². The maximum Gasteiger partial charge on any atom is 0.417 e. The van der Waals surface area contributed by atoms with Gasteiger partial charge in [-0.05, 0) is 51.9 Å². The molecule has 2 aromatic rings. The fourth-order valence-electron chi connectivity index (χ4n) is 4.41. The molecule has 1 fully saturated rings. The van der Waals surface area contributed by atoms with Crippen molar-refractivity contribution in [3.05, 3.63) is 39.1 Å². The van der Waals surface area contributed by atoms with Crippen molar-refractivity contribution in [3.63, 3.8) is 0 Å². The molecular weight excluding hydrogens is 415 g/mol. The van der Waals surface area contributed by atoms with Crippen LogP contribution in [0, 0.1) is 12.8 Å². The third kappa shape index (κ3) is 3.64. The summed E-state index contributed by atoms with van der Waals surface area (Å²) in [4.78, 5) is 33.9. The number of amides is 1. The number of halogens is 3. The van der Waals surface area contributed by atoms with Gasteiger partial charge in [-0.25, -0.2) is 9.67 Å². The van der Waals surface area contributed by atoms with Crippen LogP contribution in [-0.2, 0) is 12.8 Å². The first-order chi connectivity index (χ1) is 14.5. The highest BCUT2D eigenvalue weighted by Crippen LogP contribution is 2.40. The van der Waals surface area contributed by atoms with E-state index in [1.54, 1.807) is 6.92 Å². The standard InChI is InChI=1S/C20H24F3N5O3/c1-11-14(10-24-28(11)18-25-15-5-3-4-13(15)16(29)26-18)17(30)27-8-6-12(7-9-27)19(2,31)20(21,22)23/h10,12,31H,3-9H2,1-2H3,(H,25,26,29). The lowest BCUT2D eigenvalue weighted by Crippen LogP contribution is -2.53. The lowest BCUT2D eigenvalue weighted by Gasteiger charge is -2.40. The van der Waals surface area contributed by atoms with Gasteiger partial charge in [0.2, 0.25) is 5.95 Å². The second-order valence-electron chi connectivity index (χ2n) is 8.44. The summed E-state index contributed by atoms with van der Waals surface area (Å²) in [6.45, 7) is 2.67. The van der Waals surface area contributed by atoms with Gasteiger partial charge in [-0.1, -0.05) is 0 Å². The molecule has 0 bridgehead atoms. The maximum absolute atomic E-state index is 13.1. The first kappa shape index (κ1) is 21.5. The molecule has 1 unspecified atom stereocenters. The van der Waals surface area contributed by atoms with Crippen LogP contribution in [0.25, 0.3) is 5.95 Å². The number of nitrogens with zero attached hydrogens (tertiary/aromatic N) is 4. The normalized spacial score (nSPS) is 19.4. The zero-order valence-corrected chi connectivity index (χ0v) is 17.3. The van der Waals surface area contributed by atoms with Gasteiger partial charge in [0.1, 0.15) is 0 Å². The molecule has 11 heteroatoms. The number of carbonyl (C=O) groups is 1. The van der Waals surface area contributed by atoms with Crippen molar-refractivity contribution in [1.29, 1.82) is 0 Å². The van der Waals surface area contributed by atoms with Gasteiger partial charge in [0.15, 0.2) is 5.60 Å². The molecule has 0 spiro atoms. The first-order valence-electron chi connectivity index (χ1n) is 10.3. The molecule has 2 aromatic heterocycles. The maximum atomic E-state index is 13.1. The number of alkyl halides is 3. The molecule has 0 aromatic carbocycles. The second kappa shape index (κ2) is 7.47. The Balaban J connectivity index is 1.51. The Morgan fingerprint density at radius 2 is 1.94 bits per heavy atom. The number of aromatic amines is 1. The molecule has 2 aliphatic rings. The lowest BCUT2D eigenvalue weighted by molar-refractivity contribution is -0.275. The van der Waals surface area contributed by atoms with Gasteiger partial charge in [-0.15, -0.1) is 0 Å². The summed E-state index contributed by atoms with van der Waals surface area (Å²) in [5.41, 5.74) is -0.796. The average Bonchev–Trinajstić information content (AvgIpc) is 3.33. The van der Waals surface area contributed by atoms with Crippen LogP contribution in [0.1, 0.15) is 53.5 Å². The predicted molar refractivity (Wildman–Crippen MR) is 104 cm³/mol. The molecule has 1 amide bonds. The molecule has 1 aliphatic carbocycles. The molecule has 1 atom stereocenters. The summed E-state index contributed by atoms with van der Waals surface area (Å²) in [6, 6.07) is 0. The summed E-state index contributed by atoms with van der Waals surface area (Å²) in [7, 11) is 0. The van der Waals surface area contributed by atoms with E-state index in [-0.39, 0.29) is 43.3 Å². The third-order valence-electron chi connectivity index (χ3n) is 6.52. The van der Waals surface area contributed by atoms with Crippen LogP contribution in [0.4, 0.5) is 13.2 Å². The number of aliphatic hydroxyl groups is 1. The van der Waals surface area contributed by atoms with Gasteiger partial charge in [0.05, 0.1) is 23.1 Å². The van der Waals surface area contributed by atoms with E-state index in [0.717, 1.165) is 25.5 Å². The Bertz CT molecular complexity index is 1060. The fourth-order valence-corrected chi connectivity index (χ4v) is 4.41. The number of piperidine rings is 1. The number of hydrogen-bond acceptors (Lipinski definition) is 5. The van der Waals surface area contributed by atoms with E-state index in [4.69, 9.17) is 0 Å². The van der Waals surface area contributed by atoms with E-state index in [1.165, 1.54) is 15.8 Å². The Morgan fingerprint density at radius 3 is 2.58 bits per heavy atom. The van der Waals surface area contributed by atoms with Crippen LogP contribution in [0.5, 0.6) is 0 Å². The highest BCUT2D eigenvalue weighted by Gasteiger charge is 2.55. The molecule has 0 radical (unpaired) electrons. The van der Waals surface area contributed by atoms with Crippen LogP contribution in [0.15, 0.2) is 11.0 Å². The number of rotatable bonds is 3. The summed E-state index contributed by atoms with van der Waals surface area (Å²) < 4.78 is 40.7. The fraction of sp³-hybridized carbons (Fsp3) is 0.600. The Hall–Kier alpha value is -2.69. The Morgan fingerprint density at radius 1 is 1.26 bits per heavy atom. The molecule has 8 nitrogen and oxygen atoms in total. The van der Waals surface area contributed by atoms with E-state index < -0.39 is 17.7 Å². The van der Waals surface area contributed by atoms with E-state index in [1.807, 2.05) is 0 Å². The number of aromatic nitrogens is 4. The van der Waals surface area contributed by atoms with Gasteiger partial charge < -0.3 is 10.0 Å². The van der Waals surface area contributed by atoms with Crippen LogP contribution in [-0.4, -0.2) is 60.5 Å². The number of H-pyrrole nitrogens is 1. The van der Waals surface area contributed by atoms with Crippen LogP contribution < -0.4 is 5.56 Å². The predicted octanol–water partition coefficient (Wildman–Crippen LogP) is 1.92. The molecule has 168 valence electrons. The van der Waals surface area contributed by atoms with E-state index in [0.29, 0.717) is 23.2 Å². The molecule has 0 saturated carbocycles. The minimum absolute atomic E-state index is 0.0468. The van der Waals surface area contributed by atoms with Crippen LogP contribution in [0.2, 0.25) is 0 Å². The van der Waals surface area contributed by atoms with Crippen molar-refractivity contribution in [1.82, 2.24) is 24.6 Å².